The van der Waals surface area contributed by atoms with Crippen molar-refractivity contribution in [1.82, 2.24) is 18.2 Å². The van der Waals surface area contributed by atoms with Gasteiger partial charge in [-0.05, 0) is 56.4 Å². The summed E-state index contributed by atoms with van der Waals surface area (Å²) in [5.41, 5.74) is 0.712. The van der Waals surface area contributed by atoms with Crippen LogP contribution >= 0.6 is 0 Å². The molecule has 1 N–H and O–H groups in total. The Hall–Kier alpha value is -2.49. The van der Waals surface area contributed by atoms with Crippen LogP contribution in [0.15, 0.2) is 59.0 Å². The number of carbonyl (C=O) groups excluding carboxylic acids is 1. The lowest BCUT2D eigenvalue weighted by atomic mass is 9.89. The zero-order valence-electron chi connectivity index (χ0n) is 21.6. The molecule has 9 nitrogen and oxygen atoms in total. The first kappa shape index (κ1) is 29.1. The summed E-state index contributed by atoms with van der Waals surface area (Å²) in [6, 6.07) is 7.48. The van der Waals surface area contributed by atoms with Crippen molar-refractivity contribution in [1.29, 1.82) is 0 Å². The third-order valence-corrected chi connectivity index (χ3v) is 10.3. The molecule has 37 heavy (non-hydrogen) atoms. The first-order valence-electron chi connectivity index (χ1n) is 12.4. The molecule has 0 spiro atoms. The first-order chi connectivity index (χ1) is 17.5. The van der Waals surface area contributed by atoms with Gasteiger partial charge in [0, 0.05) is 39.8 Å². The van der Waals surface area contributed by atoms with Crippen molar-refractivity contribution in [3.8, 4) is 12.3 Å². The van der Waals surface area contributed by atoms with Crippen molar-refractivity contribution in [3.63, 3.8) is 0 Å². The van der Waals surface area contributed by atoms with E-state index >= 15 is 0 Å². The van der Waals surface area contributed by atoms with Gasteiger partial charge in [0.1, 0.15) is 0 Å². The Morgan fingerprint density at radius 2 is 1.73 bits per heavy atom. The Morgan fingerprint density at radius 1 is 1.08 bits per heavy atom. The second-order valence-electron chi connectivity index (χ2n) is 9.49. The van der Waals surface area contributed by atoms with Gasteiger partial charge in [0.25, 0.3) is 10.2 Å². The molecular weight excluding hydrogens is 512 g/mol. The smallest absolute Gasteiger partial charge is 0.279 e. The average molecular weight is 549 g/mol. The van der Waals surface area contributed by atoms with Crippen LogP contribution in [0.5, 0.6) is 0 Å². The quantitative estimate of drug-likeness (QED) is 0.395. The lowest BCUT2D eigenvalue weighted by molar-refractivity contribution is -0.138. The van der Waals surface area contributed by atoms with Gasteiger partial charge in [-0.25, -0.2) is 8.42 Å². The number of terminal acetylenes is 1. The van der Waals surface area contributed by atoms with E-state index in [0.717, 1.165) is 4.31 Å². The molecule has 0 bridgehead atoms. The molecule has 2 saturated heterocycles. The molecule has 0 radical (unpaired) electrons. The van der Waals surface area contributed by atoms with Crippen LogP contribution in [-0.4, -0.2) is 82.1 Å². The number of allylic oxidation sites excluding steroid dienone is 2. The molecule has 0 saturated carbocycles. The van der Waals surface area contributed by atoms with E-state index in [0.29, 0.717) is 44.3 Å². The van der Waals surface area contributed by atoms with Crippen LogP contribution in [0.25, 0.3) is 0 Å². The van der Waals surface area contributed by atoms with E-state index in [1.165, 1.54) is 18.4 Å². The third-order valence-electron chi connectivity index (χ3n) is 6.83. The van der Waals surface area contributed by atoms with Crippen molar-refractivity contribution < 1.29 is 21.6 Å². The highest BCUT2D eigenvalue weighted by atomic mass is 32.2. The number of benzene rings is 1. The summed E-state index contributed by atoms with van der Waals surface area (Å²) in [5, 5.41) is 0. The van der Waals surface area contributed by atoms with Crippen molar-refractivity contribution >= 4 is 26.1 Å². The largest absolute Gasteiger partial charge is 0.342 e. The van der Waals surface area contributed by atoms with Gasteiger partial charge < -0.3 is 4.90 Å². The Kier molecular flexibility index (Phi) is 9.72. The summed E-state index contributed by atoms with van der Waals surface area (Å²) in [4.78, 5) is 15.4. The lowest BCUT2D eigenvalue weighted by Crippen LogP contribution is -2.54. The molecule has 2 fully saturated rings. The fourth-order valence-electron chi connectivity index (χ4n) is 4.80. The fourth-order valence-corrected chi connectivity index (χ4v) is 7.38. The van der Waals surface area contributed by atoms with Crippen LogP contribution < -0.4 is 4.72 Å². The molecule has 1 aromatic carbocycles. The number of nitrogens with one attached hydrogen (secondary N) is 1. The van der Waals surface area contributed by atoms with E-state index in [-0.39, 0.29) is 23.4 Å². The molecule has 1 aromatic rings. The molecule has 3 rings (SSSR count). The summed E-state index contributed by atoms with van der Waals surface area (Å²) in [6.07, 6.45) is 12.7. The lowest BCUT2D eigenvalue weighted by Gasteiger charge is -2.41. The summed E-state index contributed by atoms with van der Waals surface area (Å²) in [5.74, 6) is 1.91. The predicted molar refractivity (Wildman–Crippen MR) is 144 cm³/mol. The minimum atomic E-state index is -3.89. The Morgan fingerprint density at radius 3 is 2.30 bits per heavy atom. The van der Waals surface area contributed by atoms with Gasteiger partial charge in [-0.1, -0.05) is 36.3 Å². The van der Waals surface area contributed by atoms with Crippen LogP contribution in [0.3, 0.4) is 0 Å². The number of amides is 1. The number of carbonyl (C=O) groups is 1. The van der Waals surface area contributed by atoms with Crippen molar-refractivity contribution in [2.24, 2.45) is 5.92 Å². The molecule has 2 atom stereocenters. The molecule has 2 heterocycles. The first-order valence-corrected chi connectivity index (χ1v) is 15.2. The molecule has 2 unspecified atom stereocenters. The van der Waals surface area contributed by atoms with Gasteiger partial charge in [-0.2, -0.15) is 21.8 Å². The molecule has 202 valence electrons. The van der Waals surface area contributed by atoms with E-state index in [9.17, 15) is 21.6 Å². The number of piperidine rings is 2. The number of hydrogen-bond donors (Lipinski definition) is 1. The van der Waals surface area contributed by atoms with E-state index in [2.05, 4.69) is 10.6 Å². The molecule has 0 aliphatic carbocycles. The number of likely N-dealkylation sites (tertiary alicyclic amines) is 1. The zero-order chi connectivity index (χ0) is 27.2. The van der Waals surface area contributed by atoms with Gasteiger partial charge in [-0.3, -0.25) is 4.79 Å². The highest BCUT2D eigenvalue weighted by Gasteiger charge is 2.42. The van der Waals surface area contributed by atoms with E-state index in [1.807, 2.05) is 19.1 Å². The van der Waals surface area contributed by atoms with Crippen LogP contribution in [-0.2, 0) is 25.0 Å². The van der Waals surface area contributed by atoms with Crippen molar-refractivity contribution in [2.75, 3.05) is 33.7 Å². The highest BCUT2D eigenvalue weighted by Crippen LogP contribution is 2.33. The summed E-state index contributed by atoms with van der Waals surface area (Å²) in [6.45, 7) is 2.71. The Bertz CT molecular complexity index is 1260. The fraction of sp³-hybridized carbons (Fsp3) is 0.500. The van der Waals surface area contributed by atoms with E-state index in [1.54, 1.807) is 41.3 Å². The summed E-state index contributed by atoms with van der Waals surface area (Å²) >= 11 is 0. The summed E-state index contributed by atoms with van der Waals surface area (Å²) < 4.78 is 56.9. The van der Waals surface area contributed by atoms with Gasteiger partial charge in [0.05, 0.1) is 16.9 Å². The maximum atomic E-state index is 13.7. The minimum Gasteiger partial charge on any atom is -0.342 e. The number of nitrogens with zero attached hydrogens (tertiary/aromatic N) is 3. The van der Waals surface area contributed by atoms with Crippen LogP contribution in [0, 0.1) is 18.3 Å². The standard InChI is InChI=1S/C26H36N4O5S2/c1-5-10-21(11-6-2)25-15-14-22(20-30(25)36(32,33)24-12-8-7-9-13-24)26(31)29-18-16-23(17-19-29)27-37(34,35)28(3)4/h1,6-13,22-23,25,27H,14-20H2,2-4H3. The van der Waals surface area contributed by atoms with Crippen LogP contribution in [0.1, 0.15) is 32.6 Å². The predicted octanol–water partition coefficient (Wildman–Crippen LogP) is 1.98. The van der Waals surface area contributed by atoms with E-state index in [4.69, 9.17) is 6.42 Å². The second-order valence-corrected chi connectivity index (χ2v) is 13.3. The molecule has 2 aliphatic rings. The SMILES string of the molecule is C#CC=C(C=CC)C1CCC(C(=O)N2CCC(NS(=O)(=O)N(C)C)CC2)CN1S(=O)(=O)c1ccccc1. The van der Waals surface area contributed by atoms with Crippen LogP contribution in [0.2, 0.25) is 0 Å². The van der Waals surface area contributed by atoms with Crippen molar-refractivity contribution in [2.45, 2.75) is 49.6 Å². The number of rotatable bonds is 8. The number of hydrogen-bond acceptors (Lipinski definition) is 5. The maximum Gasteiger partial charge on any atom is 0.279 e. The van der Waals surface area contributed by atoms with Gasteiger partial charge in [-0.15, -0.1) is 6.42 Å². The molecule has 1 amide bonds. The zero-order valence-corrected chi connectivity index (χ0v) is 23.2. The normalized spacial score (nSPS) is 22.9. The summed E-state index contributed by atoms with van der Waals surface area (Å²) in [7, 11) is -4.51. The van der Waals surface area contributed by atoms with Gasteiger partial charge >= 0.3 is 0 Å². The Labute approximate surface area is 221 Å². The minimum absolute atomic E-state index is 0.0490. The van der Waals surface area contributed by atoms with Gasteiger partial charge in [0.15, 0.2) is 0 Å². The average Bonchev–Trinajstić information content (AvgIpc) is 2.88. The van der Waals surface area contributed by atoms with Crippen molar-refractivity contribution in [3.05, 3.63) is 54.1 Å². The van der Waals surface area contributed by atoms with Gasteiger partial charge in [0.2, 0.25) is 15.9 Å². The highest BCUT2D eigenvalue weighted by molar-refractivity contribution is 7.89. The van der Waals surface area contributed by atoms with Crippen LogP contribution in [0.4, 0.5) is 0 Å². The van der Waals surface area contributed by atoms with E-state index < -0.39 is 32.2 Å². The molecule has 2 aliphatic heterocycles. The topological polar surface area (TPSA) is 107 Å². The number of sulfonamides is 1. The monoisotopic (exact) mass is 548 g/mol. The molecule has 0 aromatic heterocycles. The second kappa shape index (κ2) is 12.4. The Balaban J connectivity index is 1.79. The third kappa shape index (κ3) is 6.89. The maximum absolute atomic E-state index is 13.7. The molecular formula is C26H36N4O5S2. The molecule has 11 heteroatoms.